The highest BCUT2D eigenvalue weighted by Gasteiger charge is 2.09. The minimum Gasteiger partial charge on any atom is -0.379 e. The van der Waals surface area contributed by atoms with E-state index in [0.29, 0.717) is 19.8 Å². The summed E-state index contributed by atoms with van der Waals surface area (Å²) < 4.78 is 16.4. The van der Waals surface area contributed by atoms with Crippen molar-refractivity contribution >= 4 is 5.96 Å². The number of unbranched alkanes of at least 4 members (excludes halogenated alkanes) is 1. The molecule has 0 aromatic rings. The number of hydrogen-bond acceptors (Lipinski definition) is 5. The van der Waals surface area contributed by atoms with Crippen molar-refractivity contribution in [2.24, 2.45) is 4.99 Å². The summed E-state index contributed by atoms with van der Waals surface area (Å²) in [5, 5.41) is 6.56. The van der Waals surface area contributed by atoms with Gasteiger partial charge in [0.2, 0.25) is 0 Å². The molecule has 0 unspecified atom stereocenters. The van der Waals surface area contributed by atoms with E-state index < -0.39 is 0 Å². The van der Waals surface area contributed by atoms with E-state index in [1.807, 2.05) is 0 Å². The smallest absolute Gasteiger partial charge is 0.191 e. The summed E-state index contributed by atoms with van der Waals surface area (Å²) >= 11 is 0. The van der Waals surface area contributed by atoms with Gasteiger partial charge in [-0.05, 0) is 13.3 Å². The van der Waals surface area contributed by atoms with Crippen LogP contribution >= 0.6 is 0 Å². The van der Waals surface area contributed by atoms with Crippen molar-refractivity contribution < 1.29 is 14.2 Å². The zero-order valence-electron chi connectivity index (χ0n) is 15.5. The molecule has 0 atom stereocenters. The predicted octanol–water partition coefficient (Wildman–Crippen LogP) is 0.707. The fourth-order valence-corrected chi connectivity index (χ4v) is 2.28. The molecule has 0 aliphatic carbocycles. The van der Waals surface area contributed by atoms with Crippen LogP contribution in [0.1, 0.15) is 26.7 Å². The van der Waals surface area contributed by atoms with E-state index in [2.05, 4.69) is 34.4 Å². The first-order valence-corrected chi connectivity index (χ1v) is 9.34. The second-order valence-corrected chi connectivity index (χ2v) is 5.72. The third-order valence-electron chi connectivity index (χ3n) is 3.69. The third kappa shape index (κ3) is 11.6. The molecule has 1 aliphatic rings. The molecule has 7 heteroatoms. The van der Waals surface area contributed by atoms with Crippen LogP contribution in [-0.2, 0) is 14.2 Å². The Kier molecular flexibility index (Phi) is 13.8. The molecule has 2 N–H and O–H groups in total. The second-order valence-electron chi connectivity index (χ2n) is 5.72. The van der Waals surface area contributed by atoms with E-state index in [9.17, 15) is 0 Å². The van der Waals surface area contributed by atoms with Gasteiger partial charge >= 0.3 is 0 Å². The first kappa shape index (κ1) is 21.2. The van der Waals surface area contributed by atoms with Crippen LogP contribution in [0.2, 0.25) is 0 Å². The van der Waals surface area contributed by atoms with E-state index in [1.54, 1.807) is 0 Å². The maximum atomic E-state index is 5.55. The number of nitrogens with zero attached hydrogens (tertiary/aromatic N) is 2. The standard InChI is InChI=1S/C17H36N4O3/c1-3-5-11-22-15-16-23-12-7-20-17(18-4-2)19-6-8-21-9-13-24-14-10-21/h3-16H2,1-2H3,(H2,18,19,20). The van der Waals surface area contributed by atoms with Gasteiger partial charge in [-0.2, -0.15) is 0 Å². The summed E-state index contributed by atoms with van der Waals surface area (Å²) in [6, 6.07) is 0. The summed E-state index contributed by atoms with van der Waals surface area (Å²) in [4.78, 5) is 6.99. The van der Waals surface area contributed by atoms with Crippen molar-refractivity contribution in [2.75, 3.05) is 78.9 Å². The van der Waals surface area contributed by atoms with Gasteiger partial charge in [-0.1, -0.05) is 13.3 Å². The van der Waals surface area contributed by atoms with Gasteiger partial charge in [0.15, 0.2) is 5.96 Å². The van der Waals surface area contributed by atoms with E-state index in [-0.39, 0.29) is 0 Å². The van der Waals surface area contributed by atoms with Crippen LogP contribution < -0.4 is 10.6 Å². The zero-order valence-corrected chi connectivity index (χ0v) is 15.5. The third-order valence-corrected chi connectivity index (χ3v) is 3.69. The van der Waals surface area contributed by atoms with Crippen LogP contribution in [0.15, 0.2) is 4.99 Å². The Labute approximate surface area is 147 Å². The van der Waals surface area contributed by atoms with E-state index in [1.165, 1.54) is 6.42 Å². The van der Waals surface area contributed by atoms with Crippen molar-refractivity contribution in [3.8, 4) is 0 Å². The molecule has 0 spiro atoms. The van der Waals surface area contributed by atoms with Crippen molar-refractivity contribution in [3.63, 3.8) is 0 Å². The molecule has 0 radical (unpaired) electrons. The van der Waals surface area contributed by atoms with E-state index in [4.69, 9.17) is 14.2 Å². The first-order valence-electron chi connectivity index (χ1n) is 9.34. The number of hydrogen-bond donors (Lipinski definition) is 2. The molecule has 1 fully saturated rings. The van der Waals surface area contributed by atoms with Gasteiger partial charge in [-0.25, -0.2) is 0 Å². The molecule has 0 amide bonds. The van der Waals surface area contributed by atoms with Gasteiger partial charge in [-0.15, -0.1) is 0 Å². The number of aliphatic imine (C=N–C) groups is 1. The summed E-state index contributed by atoms with van der Waals surface area (Å²) in [5.74, 6) is 0.855. The Bertz CT molecular complexity index is 310. The maximum Gasteiger partial charge on any atom is 0.191 e. The van der Waals surface area contributed by atoms with Crippen molar-refractivity contribution in [1.29, 1.82) is 0 Å². The van der Waals surface area contributed by atoms with Crippen LogP contribution in [-0.4, -0.2) is 89.8 Å². The number of guanidine groups is 1. The average Bonchev–Trinajstić information content (AvgIpc) is 2.61. The van der Waals surface area contributed by atoms with Gasteiger partial charge in [0.1, 0.15) is 0 Å². The summed E-state index contributed by atoms with van der Waals surface area (Å²) in [6.07, 6.45) is 2.29. The van der Waals surface area contributed by atoms with Gasteiger partial charge in [-0.3, -0.25) is 9.89 Å². The van der Waals surface area contributed by atoms with Crippen molar-refractivity contribution in [2.45, 2.75) is 26.7 Å². The monoisotopic (exact) mass is 344 g/mol. The molecule has 24 heavy (non-hydrogen) atoms. The van der Waals surface area contributed by atoms with Crippen LogP contribution in [0.5, 0.6) is 0 Å². The zero-order chi connectivity index (χ0) is 17.3. The van der Waals surface area contributed by atoms with Gasteiger partial charge in [0, 0.05) is 39.3 Å². The normalized spacial score (nSPS) is 16.3. The Hall–Kier alpha value is -0.890. The lowest BCUT2D eigenvalue weighted by atomic mass is 10.4. The molecule has 142 valence electrons. The van der Waals surface area contributed by atoms with Crippen LogP contribution in [0, 0.1) is 0 Å². The first-order chi connectivity index (χ1) is 11.9. The second kappa shape index (κ2) is 15.6. The fraction of sp³-hybridized carbons (Fsp3) is 0.941. The topological polar surface area (TPSA) is 67.4 Å². The molecule has 0 aromatic heterocycles. The number of rotatable bonds is 13. The number of ether oxygens (including phenoxy) is 3. The molecular formula is C17H36N4O3. The maximum absolute atomic E-state index is 5.55. The highest BCUT2D eigenvalue weighted by molar-refractivity contribution is 5.79. The number of nitrogens with one attached hydrogen (secondary N) is 2. The fourth-order valence-electron chi connectivity index (χ4n) is 2.28. The largest absolute Gasteiger partial charge is 0.379 e. The van der Waals surface area contributed by atoms with Crippen LogP contribution in [0.4, 0.5) is 0 Å². The Morgan fingerprint density at radius 1 is 1.04 bits per heavy atom. The number of morpholine rings is 1. The van der Waals surface area contributed by atoms with Crippen LogP contribution in [0.3, 0.4) is 0 Å². The SMILES string of the molecule is CCCCOCCOCCNC(=NCCN1CCOCC1)NCC. The highest BCUT2D eigenvalue weighted by Crippen LogP contribution is 1.95. The van der Waals surface area contributed by atoms with E-state index >= 15 is 0 Å². The molecule has 1 saturated heterocycles. The quantitative estimate of drug-likeness (QED) is 0.291. The minimum absolute atomic E-state index is 0.649. The van der Waals surface area contributed by atoms with Gasteiger partial charge < -0.3 is 24.8 Å². The molecule has 1 heterocycles. The molecule has 0 aromatic carbocycles. The Morgan fingerprint density at radius 3 is 2.50 bits per heavy atom. The molecule has 0 saturated carbocycles. The average molecular weight is 345 g/mol. The van der Waals surface area contributed by atoms with Crippen LogP contribution in [0.25, 0.3) is 0 Å². The Morgan fingerprint density at radius 2 is 1.79 bits per heavy atom. The minimum atomic E-state index is 0.649. The Balaban J connectivity index is 2.03. The lowest BCUT2D eigenvalue weighted by molar-refractivity contribution is 0.0394. The van der Waals surface area contributed by atoms with E-state index in [0.717, 1.165) is 71.5 Å². The molecule has 0 bridgehead atoms. The van der Waals surface area contributed by atoms with Crippen molar-refractivity contribution in [3.05, 3.63) is 0 Å². The molecule has 7 nitrogen and oxygen atoms in total. The molecule has 1 rings (SSSR count). The predicted molar refractivity (Wildman–Crippen MR) is 97.8 cm³/mol. The summed E-state index contributed by atoms with van der Waals surface area (Å²) in [6.45, 7) is 14.1. The highest BCUT2D eigenvalue weighted by atomic mass is 16.5. The van der Waals surface area contributed by atoms with Gasteiger partial charge in [0.05, 0.1) is 39.6 Å². The summed E-state index contributed by atoms with van der Waals surface area (Å²) in [5.41, 5.74) is 0. The lowest BCUT2D eigenvalue weighted by Gasteiger charge is -2.25. The molecular weight excluding hydrogens is 308 g/mol. The summed E-state index contributed by atoms with van der Waals surface area (Å²) in [7, 11) is 0. The lowest BCUT2D eigenvalue weighted by Crippen LogP contribution is -2.41. The van der Waals surface area contributed by atoms with Gasteiger partial charge in [0.25, 0.3) is 0 Å². The molecule has 1 aliphatic heterocycles. The van der Waals surface area contributed by atoms with Crippen molar-refractivity contribution in [1.82, 2.24) is 15.5 Å².